The molecule has 0 saturated heterocycles. The lowest BCUT2D eigenvalue weighted by Crippen LogP contribution is -2.17. The molecule has 0 fully saturated rings. The lowest BCUT2D eigenvalue weighted by molar-refractivity contribution is -0.121. The van der Waals surface area contributed by atoms with Crippen LogP contribution in [-0.4, -0.2) is 24.7 Å². The fraction of sp³-hybridized carbons (Fsp3) is 0.472. The van der Waals surface area contributed by atoms with Gasteiger partial charge in [0.25, 0.3) is 0 Å². The van der Waals surface area contributed by atoms with Gasteiger partial charge in [-0.15, -0.1) is 0 Å². The zero-order valence-electron chi connectivity index (χ0n) is 25.5. The van der Waals surface area contributed by atoms with E-state index >= 15 is 0 Å². The van der Waals surface area contributed by atoms with Crippen molar-refractivity contribution in [1.82, 2.24) is 5.43 Å². The van der Waals surface area contributed by atoms with Gasteiger partial charge in [0.05, 0.1) is 18.4 Å². The smallest absolute Gasteiger partial charge is 0.343 e. The van der Waals surface area contributed by atoms with E-state index in [2.05, 4.69) is 17.5 Å². The minimum atomic E-state index is -0.477. The molecule has 3 rings (SSSR count). The van der Waals surface area contributed by atoms with Crippen LogP contribution < -0.4 is 14.9 Å². The van der Waals surface area contributed by atoms with E-state index in [0.29, 0.717) is 35.7 Å². The highest BCUT2D eigenvalue weighted by atomic mass is 16.5. The Kier molecular flexibility index (Phi) is 15.2. The van der Waals surface area contributed by atoms with E-state index < -0.39 is 5.97 Å². The van der Waals surface area contributed by atoms with Crippen molar-refractivity contribution in [2.45, 2.75) is 104 Å². The molecule has 1 N–H and O–H groups in total. The number of benzene rings is 3. The second-order valence-corrected chi connectivity index (χ2v) is 10.8. The highest BCUT2D eigenvalue weighted by Gasteiger charge is 2.14. The van der Waals surface area contributed by atoms with Gasteiger partial charge in [-0.1, -0.05) is 114 Å². The normalized spacial score (nSPS) is 11.2. The number of amides is 1. The summed E-state index contributed by atoms with van der Waals surface area (Å²) in [5, 5.41) is 6.08. The van der Waals surface area contributed by atoms with Crippen LogP contribution in [0.5, 0.6) is 11.5 Å². The van der Waals surface area contributed by atoms with Crippen LogP contribution in [0, 0.1) is 0 Å². The number of nitrogens with one attached hydrogen (secondary N) is 1. The molecule has 0 saturated carbocycles. The van der Waals surface area contributed by atoms with Gasteiger partial charge in [0.2, 0.25) is 5.91 Å². The van der Waals surface area contributed by atoms with Crippen LogP contribution in [0.3, 0.4) is 0 Å². The van der Waals surface area contributed by atoms with Crippen molar-refractivity contribution < 1.29 is 19.1 Å². The van der Waals surface area contributed by atoms with E-state index in [4.69, 9.17) is 9.47 Å². The molecule has 0 spiro atoms. The summed E-state index contributed by atoms with van der Waals surface area (Å²) in [4.78, 5) is 25.3. The minimum Gasteiger partial charge on any atom is -0.494 e. The number of carbonyl (C=O) groups is 2. The molecule has 3 aromatic carbocycles. The average Bonchev–Trinajstić information content (AvgIpc) is 3.01. The summed E-state index contributed by atoms with van der Waals surface area (Å²) in [7, 11) is 0. The highest BCUT2D eigenvalue weighted by molar-refractivity contribution is 6.04. The number of hydrogen-bond acceptors (Lipinski definition) is 5. The molecule has 1 amide bonds. The molecule has 0 aromatic heterocycles. The molecule has 6 nitrogen and oxygen atoms in total. The first-order valence-corrected chi connectivity index (χ1v) is 15.9. The molecule has 6 heteroatoms. The minimum absolute atomic E-state index is 0.109. The Morgan fingerprint density at radius 2 is 1.36 bits per heavy atom. The summed E-state index contributed by atoms with van der Waals surface area (Å²) in [6.07, 6.45) is 18.5. The topological polar surface area (TPSA) is 77.0 Å². The number of hydrazone groups is 1. The summed E-state index contributed by atoms with van der Waals surface area (Å²) in [5.74, 6) is 0.487. The molecule has 0 atom stereocenters. The molecule has 3 aromatic rings. The van der Waals surface area contributed by atoms with Gasteiger partial charge in [0.1, 0.15) is 11.5 Å². The Morgan fingerprint density at radius 1 is 0.738 bits per heavy atom. The van der Waals surface area contributed by atoms with Crippen LogP contribution in [0.25, 0.3) is 10.8 Å². The summed E-state index contributed by atoms with van der Waals surface area (Å²) in [5.41, 5.74) is 3.70. The van der Waals surface area contributed by atoms with Crippen LogP contribution >= 0.6 is 0 Å². The zero-order valence-corrected chi connectivity index (χ0v) is 25.5. The Bertz CT molecular complexity index is 1250. The van der Waals surface area contributed by atoms with Crippen molar-refractivity contribution in [3.05, 3.63) is 71.8 Å². The molecule has 0 bridgehead atoms. The van der Waals surface area contributed by atoms with Gasteiger partial charge in [-0.2, -0.15) is 5.10 Å². The molecule has 0 aliphatic rings. The maximum atomic E-state index is 12.9. The van der Waals surface area contributed by atoms with Crippen molar-refractivity contribution >= 4 is 28.9 Å². The monoisotopic (exact) mass is 572 g/mol. The largest absolute Gasteiger partial charge is 0.494 e. The van der Waals surface area contributed by atoms with Crippen molar-refractivity contribution in [2.24, 2.45) is 5.10 Å². The third-order valence-electron chi connectivity index (χ3n) is 7.42. The van der Waals surface area contributed by atoms with Gasteiger partial charge in [0, 0.05) is 12.0 Å². The number of fused-ring (bicyclic) bond motifs is 1. The van der Waals surface area contributed by atoms with Crippen molar-refractivity contribution in [3.8, 4) is 11.5 Å². The first-order valence-electron chi connectivity index (χ1n) is 15.9. The molecule has 0 aliphatic heterocycles. The molecule has 0 heterocycles. The standard InChI is InChI=1S/C36H48N2O4/c1-3-5-6-7-8-9-10-11-12-13-14-15-16-21-35(39)38-37-28-33-32-20-18-17-19-29(32)24-27-34(33)42-36(40)30-22-25-31(26-23-30)41-4-2/h17-20,22-28H,3-16,21H2,1-2H3,(H,38,39)/b37-28-. The lowest BCUT2D eigenvalue weighted by Gasteiger charge is -2.11. The van der Waals surface area contributed by atoms with Gasteiger partial charge in [-0.3, -0.25) is 4.79 Å². The Morgan fingerprint density at radius 3 is 2.00 bits per heavy atom. The van der Waals surface area contributed by atoms with Gasteiger partial charge in [-0.05, 0) is 54.4 Å². The van der Waals surface area contributed by atoms with E-state index in [1.54, 1.807) is 36.5 Å². The molecule has 226 valence electrons. The van der Waals surface area contributed by atoms with Gasteiger partial charge >= 0.3 is 5.97 Å². The third-order valence-corrected chi connectivity index (χ3v) is 7.42. The fourth-order valence-electron chi connectivity index (χ4n) is 5.04. The lowest BCUT2D eigenvalue weighted by atomic mass is 10.0. The summed E-state index contributed by atoms with van der Waals surface area (Å²) >= 11 is 0. The number of hydrogen-bond donors (Lipinski definition) is 1. The molecule has 0 radical (unpaired) electrons. The third kappa shape index (κ3) is 11.7. The number of rotatable bonds is 20. The van der Waals surface area contributed by atoms with Crippen LogP contribution in [0.1, 0.15) is 120 Å². The molecule has 0 aliphatic carbocycles. The second-order valence-electron chi connectivity index (χ2n) is 10.8. The SMILES string of the molecule is CCCCCCCCCCCCCCCC(=O)N/N=C\c1c(OC(=O)c2ccc(OCC)cc2)ccc2ccccc12. The maximum Gasteiger partial charge on any atom is 0.343 e. The zero-order chi connectivity index (χ0) is 29.8. The number of unbranched alkanes of at least 4 members (excludes halogenated alkanes) is 12. The molecular formula is C36H48N2O4. The van der Waals surface area contributed by atoms with E-state index in [0.717, 1.165) is 23.6 Å². The van der Waals surface area contributed by atoms with E-state index in [9.17, 15) is 9.59 Å². The van der Waals surface area contributed by atoms with Crippen LogP contribution in [0.2, 0.25) is 0 Å². The van der Waals surface area contributed by atoms with Crippen LogP contribution in [0.4, 0.5) is 0 Å². The van der Waals surface area contributed by atoms with Crippen LogP contribution in [0.15, 0.2) is 65.8 Å². The Labute approximate surface area is 251 Å². The number of nitrogens with zero attached hydrogens (tertiary/aromatic N) is 1. The highest BCUT2D eigenvalue weighted by Crippen LogP contribution is 2.28. The number of carbonyl (C=O) groups excluding carboxylic acids is 2. The van der Waals surface area contributed by atoms with E-state index in [1.807, 2.05) is 37.3 Å². The molecular weight excluding hydrogens is 524 g/mol. The van der Waals surface area contributed by atoms with Crippen molar-refractivity contribution in [3.63, 3.8) is 0 Å². The number of ether oxygens (including phenoxy) is 2. The summed E-state index contributed by atoms with van der Waals surface area (Å²) < 4.78 is 11.2. The predicted molar refractivity (Wildman–Crippen MR) is 173 cm³/mol. The Hall–Kier alpha value is -3.67. The van der Waals surface area contributed by atoms with E-state index in [1.165, 1.54) is 70.6 Å². The first-order chi connectivity index (χ1) is 20.6. The summed E-state index contributed by atoms with van der Waals surface area (Å²) in [6.45, 7) is 4.73. The fourth-order valence-corrected chi connectivity index (χ4v) is 5.04. The van der Waals surface area contributed by atoms with E-state index in [-0.39, 0.29) is 5.91 Å². The van der Waals surface area contributed by atoms with Crippen molar-refractivity contribution in [2.75, 3.05) is 6.61 Å². The Balaban J connectivity index is 1.43. The summed E-state index contributed by atoms with van der Waals surface area (Å²) in [6, 6.07) is 18.3. The predicted octanol–water partition coefficient (Wildman–Crippen LogP) is 9.39. The molecule has 0 unspecified atom stereocenters. The van der Waals surface area contributed by atoms with Gasteiger partial charge in [0.15, 0.2) is 0 Å². The van der Waals surface area contributed by atoms with Crippen molar-refractivity contribution in [1.29, 1.82) is 0 Å². The van der Waals surface area contributed by atoms with Gasteiger partial charge in [-0.25, -0.2) is 10.2 Å². The first kappa shape index (κ1) is 32.8. The van der Waals surface area contributed by atoms with Crippen LogP contribution in [-0.2, 0) is 4.79 Å². The quantitative estimate of drug-likeness (QED) is 0.0481. The average molecular weight is 573 g/mol. The second kappa shape index (κ2) is 19.5. The molecule has 42 heavy (non-hydrogen) atoms. The number of esters is 1. The maximum absolute atomic E-state index is 12.9. The van der Waals surface area contributed by atoms with Gasteiger partial charge < -0.3 is 9.47 Å².